The number of aryl methyl sites for hydroxylation is 3. The molecule has 5 heteroatoms. The van der Waals surface area contributed by atoms with Gasteiger partial charge in [-0.15, -0.1) is 0 Å². The van der Waals surface area contributed by atoms with Crippen molar-refractivity contribution in [2.75, 3.05) is 19.7 Å². The van der Waals surface area contributed by atoms with Crippen LogP contribution in [0.15, 0.2) is 36.4 Å². The zero-order valence-electron chi connectivity index (χ0n) is 17.4. The molecule has 0 bridgehead atoms. The molecule has 2 aromatic rings. The van der Waals surface area contributed by atoms with Crippen LogP contribution in [0.3, 0.4) is 0 Å². The van der Waals surface area contributed by atoms with E-state index in [0.717, 1.165) is 22.3 Å². The summed E-state index contributed by atoms with van der Waals surface area (Å²) in [7, 11) is 0. The third-order valence-electron chi connectivity index (χ3n) is 6.19. The second kappa shape index (κ2) is 8.64. The average molecular weight is 400 g/mol. The fraction of sp³-hybridized carbons (Fsp3) is 0.458. The Balaban J connectivity index is 1.78. The van der Waals surface area contributed by atoms with Crippen LogP contribution in [0.2, 0.25) is 0 Å². The Kier molecular flexibility index (Phi) is 6.39. The van der Waals surface area contributed by atoms with Gasteiger partial charge in [0.2, 0.25) is 5.91 Å². The third kappa shape index (κ3) is 4.68. The number of benzene rings is 2. The first-order chi connectivity index (χ1) is 13.7. The Morgan fingerprint density at radius 1 is 1.17 bits per heavy atom. The fourth-order valence-electron chi connectivity index (χ4n) is 4.51. The molecule has 0 spiro atoms. The highest BCUT2D eigenvalue weighted by Gasteiger charge is 2.43. The Bertz CT molecular complexity index is 857. The van der Waals surface area contributed by atoms with E-state index in [1.807, 2.05) is 20.8 Å². The molecule has 156 valence electrons. The van der Waals surface area contributed by atoms with Crippen LogP contribution in [0.4, 0.5) is 4.39 Å². The molecule has 1 aliphatic heterocycles. The maximum Gasteiger partial charge on any atom is 0.227 e. The van der Waals surface area contributed by atoms with Crippen molar-refractivity contribution < 1.29 is 19.4 Å². The lowest BCUT2D eigenvalue weighted by Crippen LogP contribution is -2.56. The standard InChI is InChI=1S/C24H30FNO3/c1-16-10-17(2)21(18(3)11-16)12-23(29)26-9-8-22(28)24(14-26,15-27)13-19-4-6-20(25)7-5-19/h4-7,10-11,22,27-28H,8-9,12-15H2,1-3H3/t22-,24-/m0/s1. The largest absolute Gasteiger partial charge is 0.396 e. The highest BCUT2D eigenvalue weighted by atomic mass is 19.1. The second-order valence-corrected chi connectivity index (χ2v) is 8.50. The molecule has 29 heavy (non-hydrogen) atoms. The quantitative estimate of drug-likeness (QED) is 0.812. The predicted molar refractivity (Wildman–Crippen MR) is 111 cm³/mol. The molecular formula is C24H30FNO3. The Morgan fingerprint density at radius 3 is 2.38 bits per heavy atom. The summed E-state index contributed by atoms with van der Waals surface area (Å²) in [5.41, 5.74) is 4.42. The van der Waals surface area contributed by atoms with Crippen molar-refractivity contribution in [1.29, 1.82) is 0 Å². The molecule has 0 radical (unpaired) electrons. The Labute approximate surface area is 172 Å². The summed E-state index contributed by atoms with van der Waals surface area (Å²) < 4.78 is 13.2. The normalized spacial score (nSPS) is 22.0. The van der Waals surface area contributed by atoms with E-state index < -0.39 is 11.5 Å². The van der Waals surface area contributed by atoms with Gasteiger partial charge in [-0.25, -0.2) is 4.39 Å². The molecule has 0 aromatic heterocycles. The lowest BCUT2D eigenvalue weighted by atomic mass is 9.73. The fourth-order valence-corrected chi connectivity index (χ4v) is 4.51. The minimum Gasteiger partial charge on any atom is -0.396 e. The van der Waals surface area contributed by atoms with Crippen LogP contribution in [0.1, 0.15) is 34.2 Å². The number of piperidine rings is 1. The molecule has 1 fully saturated rings. The van der Waals surface area contributed by atoms with Crippen molar-refractivity contribution in [2.24, 2.45) is 5.41 Å². The third-order valence-corrected chi connectivity index (χ3v) is 6.19. The Morgan fingerprint density at radius 2 is 1.79 bits per heavy atom. The Hall–Kier alpha value is -2.24. The van der Waals surface area contributed by atoms with Gasteiger partial charge in [-0.3, -0.25) is 4.79 Å². The van der Waals surface area contributed by atoms with Crippen molar-refractivity contribution in [1.82, 2.24) is 4.90 Å². The van der Waals surface area contributed by atoms with Gasteiger partial charge in [-0.2, -0.15) is 0 Å². The zero-order valence-corrected chi connectivity index (χ0v) is 17.4. The monoisotopic (exact) mass is 399 g/mol. The number of aliphatic hydroxyl groups is 2. The SMILES string of the molecule is Cc1cc(C)c(CC(=O)N2CC[C@H](O)[C@@](CO)(Cc3ccc(F)cc3)C2)c(C)c1. The van der Waals surface area contributed by atoms with Crippen LogP contribution in [-0.2, 0) is 17.6 Å². The molecule has 1 saturated heterocycles. The van der Waals surface area contributed by atoms with E-state index in [1.165, 1.54) is 17.7 Å². The molecule has 2 N–H and O–H groups in total. The van der Waals surface area contributed by atoms with E-state index >= 15 is 0 Å². The molecule has 1 aliphatic rings. The number of rotatable bonds is 5. The number of hydrogen-bond acceptors (Lipinski definition) is 3. The summed E-state index contributed by atoms with van der Waals surface area (Å²) >= 11 is 0. The summed E-state index contributed by atoms with van der Waals surface area (Å²) in [5.74, 6) is -0.319. The van der Waals surface area contributed by atoms with Gasteiger partial charge in [-0.05, 0) is 68.0 Å². The number of likely N-dealkylation sites (tertiary alicyclic amines) is 1. The van der Waals surface area contributed by atoms with E-state index in [-0.39, 0.29) is 24.9 Å². The summed E-state index contributed by atoms with van der Waals surface area (Å²) in [6.07, 6.45) is 0.396. The van der Waals surface area contributed by atoms with Crippen molar-refractivity contribution >= 4 is 5.91 Å². The molecular weight excluding hydrogens is 369 g/mol. The molecule has 2 atom stereocenters. The summed E-state index contributed by atoms with van der Waals surface area (Å²) in [6, 6.07) is 10.3. The summed E-state index contributed by atoms with van der Waals surface area (Å²) in [6.45, 7) is 6.60. The number of hydrogen-bond donors (Lipinski definition) is 2. The zero-order chi connectivity index (χ0) is 21.2. The number of carbonyl (C=O) groups is 1. The topological polar surface area (TPSA) is 60.8 Å². The van der Waals surface area contributed by atoms with Gasteiger partial charge in [0.25, 0.3) is 0 Å². The highest BCUT2D eigenvalue weighted by molar-refractivity contribution is 5.80. The molecule has 3 rings (SSSR count). The summed E-state index contributed by atoms with van der Waals surface area (Å²) in [4.78, 5) is 14.8. The minimum atomic E-state index is -0.844. The average Bonchev–Trinajstić information content (AvgIpc) is 2.68. The molecule has 1 heterocycles. The van der Waals surface area contributed by atoms with Gasteiger partial charge in [0, 0.05) is 18.5 Å². The molecule has 1 amide bonds. The maximum absolute atomic E-state index is 13.2. The van der Waals surface area contributed by atoms with Gasteiger partial charge >= 0.3 is 0 Å². The number of carbonyl (C=O) groups excluding carboxylic acids is 1. The molecule has 0 aliphatic carbocycles. The molecule has 0 saturated carbocycles. The van der Waals surface area contributed by atoms with Crippen LogP contribution < -0.4 is 0 Å². The van der Waals surface area contributed by atoms with Crippen molar-refractivity contribution in [2.45, 2.75) is 46.1 Å². The van der Waals surface area contributed by atoms with Crippen molar-refractivity contribution in [3.63, 3.8) is 0 Å². The molecule has 0 unspecified atom stereocenters. The highest BCUT2D eigenvalue weighted by Crippen LogP contribution is 2.34. The summed E-state index contributed by atoms with van der Waals surface area (Å²) in [5, 5.41) is 20.8. The van der Waals surface area contributed by atoms with Crippen LogP contribution in [0.5, 0.6) is 0 Å². The first-order valence-electron chi connectivity index (χ1n) is 10.1. The second-order valence-electron chi connectivity index (χ2n) is 8.50. The number of amides is 1. The smallest absolute Gasteiger partial charge is 0.227 e. The van der Waals surface area contributed by atoms with Crippen LogP contribution in [0.25, 0.3) is 0 Å². The lowest BCUT2D eigenvalue weighted by molar-refractivity contribution is -0.141. The van der Waals surface area contributed by atoms with Crippen molar-refractivity contribution in [3.05, 3.63) is 70.0 Å². The van der Waals surface area contributed by atoms with Gasteiger partial charge < -0.3 is 15.1 Å². The maximum atomic E-state index is 13.2. The number of halogens is 1. The first kappa shape index (κ1) is 21.5. The van der Waals surface area contributed by atoms with E-state index in [2.05, 4.69) is 12.1 Å². The van der Waals surface area contributed by atoms with E-state index in [4.69, 9.17) is 0 Å². The van der Waals surface area contributed by atoms with E-state index in [9.17, 15) is 19.4 Å². The van der Waals surface area contributed by atoms with Crippen LogP contribution >= 0.6 is 0 Å². The van der Waals surface area contributed by atoms with Gasteiger partial charge in [0.15, 0.2) is 0 Å². The van der Waals surface area contributed by atoms with Crippen molar-refractivity contribution in [3.8, 4) is 0 Å². The first-order valence-corrected chi connectivity index (χ1v) is 10.1. The molecule has 2 aromatic carbocycles. The van der Waals surface area contributed by atoms with E-state index in [0.29, 0.717) is 25.8 Å². The van der Waals surface area contributed by atoms with E-state index in [1.54, 1.807) is 17.0 Å². The molecule has 4 nitrogen and oxygen atoms in total. The lowest BCUT2D eigenvalue weighted by Gasteiger charge is -2.45. The number of nitrogens with zero attached hydrogens (tertiary/aromatic N) is 1. The van der Waals surface area contributed by atoms with Gasteiger partial charge in [-0.1, -0.05) is 29.8 Å². The van der Waals surface area contributed by atoms with Gasteiger partial charge in [0.05, 0.1) is 19.1 Å². The van der Waals surface area contributed by atoms with Crippen LogP contribution in [-0.4, -0.2) is 46.8 Å². The number of aliphatic hydroxyl groups excluding tert-OH is 2. The predicted octanol–water partition coefficient (Wildman–Crippen LogP) is 3.11. The minimum absolute atomic E-state index is 0.00360. The van der Waals surface area contributed by atoms with Crippen LogP contribution in [0, 0.1) is 32.0 Å². The van der Waals surface area contributed by atoms with Gasteiger partial charge in [0.1, 0.15) is 5.82 Å².